The fourth-order valence-corrected chi connectivity index (χ4v) is 3.50. The van der Waals surface area contributed by atoms with Crippen LogP contribution in [0.5, 0.6) is 0 Å². The summed E-state index contributed by atoms with van der Waals surface area (Å²) in [5.74, 6) is 0.931. The molecule has 1 aliphatic heterocycles. The number of carbonyl (C=O) groups excluding carboxylic acids is 1. The number of rotatable bonds is 1. The Hall–Kier alpha value is -1.82. The van der Waals surface area contributed by atoms with E-state index in [1.165, 1.54) is 5.56 Å². The molecule has 1 saturated heterocycles. The van der Waals surface area contributed by atoms with Gasteiger partial charge in [-0.2, -0.15) is 0 Å². The number of nitrogens with zero attached hydrogens (tertiary/aromatic N) is 3. The van der Waals surface area contributed by atoms with E-state index in [4.69, 9.17) is 9.72 Å². The van der Waals surface area contributed by atoms with E-state index in [9.17, 15) is 4.79 Å². The normalized spacial score (nSPS) is 15.6. The second-order valence-electron chi connectivity index (χ2n) is 7.44. The minimum atomic E-state index is -0.463. The minimum absolute atomic E-state index is 0.242. The van der Waals surface area contributed by atoms with Crippen LogP contribution in [0, 0.1) is 6.92 Å². The molecule has 1 fully saturated rings. The van der Waals surface area contributed by atoms with E-state index >= 15 is 0 Å². The number of halogens is 1. The van der Waals surface area contributed by atoms with Gasteiger partial charge in [-0.15, -0.1) is 0 Å². The molecule has 0 saturated carbocycles. The van der Waals surface area contributed by atoms with Gasteiger partial charge in [0.2, 0.25) is 0 Å². The highest BCUT2D eigenvalue weighted by molar-refractivity contribution is 9.10. The zero-order chi connectivity index (χ0) is 18.2. The number of ether oxygens (including phenoxy) is 1. The number of anilines is 1. The van der Waals surface area contributed by atoms with Crippen molar-refractivity contribution in [3.63, 3.8) is 0 Å². The number of fused-ring (bicyclic) bond motifs is 1. The highest BCUT2D eigenvalue weighted by Crippen LogP contribution is 2.29. The summed E-state index contributed by atoms with van der Waals surface area (Å²) in [6.45, 7) is 10.5. The van der Waals surface area contributed by atoms with Crippen molar-refractivity contribution in [3.8, 4) is 0 Å². The quantitative estimate of drug-likeness (QED) is 0.706. The molecule has 2 heterocycles. The Morgan fingerprint density at radius 3 is 2.48 bits per heavy atom. The molecular weight excluding hydrogens is 382 g/mol. The molecule has 0 aliphatic carbocycles. The summed E-state index contributed by atoms with van der Waals surface area (Å²) >= 11 is 3.65. The molecule has 1 aliphatic rings. The summed E-state index contributed by atoms with van der Waals surface area (Å²) in [5, 5.41) is 1.13. The number of carbonyl (C=O) groups is 1. The second kappa shape index (κ2) is 6.83. The van der Waals surface area contributed by atoms with E-state index in [-0.39, 0.29) is 6.09 Å². The maximum Gasteiger partial charge on any atom is 0.410 e. The number of piperazine rings is 1. The molecule has 1 aromatic carbocycles. The first-order valence-corrected chi connectivity index (χ1v) is 9.32. The van der Waals surface area contributed by atoms with Crippen molar-refractivity contribution in [2.24, 2.45) is 0 Å². The lowest BCUT2D eigenvalue weighted by Gasteiger charge is -2.36. The van der Waals surface area contributed by atoms with Crippen molar-refractivity contribution < 1.29 is 9.53 Å². The number of amides is 1. The second-order valence-corrected chi connectivity index (χ2v) is 8.30. The van der Waals surface area contributed by atoms with Crippen molar-refractivity contribution in [1.82, 2.24) is 9.88 Å². The van der Waals surface area contributed by atoms with Gasteiger partial charge in [-0.05, 0) is 61.8 Å². The van der Waals surface area contributed by atoms with E-state index < -0.39 is 5.60 Å². The van der Waals surface area contributed by atoms with Crippen LogP contribution >= 0.6 is 15.9 Å². The summed E-state index contributed by atoms with van der Waals surface area (Å²) in [6, 6.07) is 8.38. The molecule has 6 heteroatoms. The molecule has 2 aromatic rings. The Balaban J connectivity index is 1.73. The fourth-order valence-electron chi connectivity index (χ4n) is 2.91. The number of hydrogen-bond donors (Lipinski definition) is 0. The lowest BCUT2D eigenvalue weighted by molar-refractivity contribution is 0.0240. The Kier molecular flexibility index (Phi) is 4.91. The van der Waals surface area contributed by atoms with Gasteiger partial charge in [0.25, 0.3) is 0 Å². The number of aromatic nitrogens is 1. The van der Waals surface area contributed by atoms with Crippen LogP contribution in [-0.4, -0.2) is 47.8 Å². The van der Waals surface area contributed by atoms with Gasteiger partial charge in [-0.1, -0.05) is 11.6 Å². The summed E-state index contributed by atoms with van der Waals surface area (Å²) in [5.41, 5.74) is 1.74. The summed E-state index contributed by atoms with van der Waals surface area (Å²) in [6.07, 6.45) is -0.242. The number of aryl methyl sites for hydroxylation is 1. The van der Waals surface area contributed by atoms with Crippen LogP contribution in [0.3, 0.4) is 0 Å². The summed E-state index contributed by atoms with van der Waals surface area (Å²) < 4.78 is 6.44. The molecule has 3 rings (SSSR count). The lowest BCUT2D eigenvalue weighted by Crippen LogP contribution is -2.50. The standard InChI is InChI=1S/C19H24BrN3O2/c1-13-5-6-16-14(11-13)12-15(20)17(21-16)22-7-9-23(10-8-22)18(24)25-19(2,3)4/h5-6,11-12H,7-10H2,1-4H3. The van der Waals surface area contributed by atoms with Crippen molar-refractivity contribution in [3.05, 3.63) is 34.3 Å². The highest BCUT2D eigenvalue weighted by atomic mass is 79.9. The maximum atomic E-state index is 12.2. The Morgan fingerprint density at radius 1 is 1.16 bits per heavy atom. The molecule has 0 spiro atoms. The van der Waals surface area contributed by atoms with Crippen molar-refractivity contribution in [2.45, 2.75) is 33.3 Å². The van der Waals surface area contributed by atoms with Crippen LogP contribution in [0.15, 0.2) is 28.7 Å². The first-order valence-electron chi connectivity index (χ1n) is 8.53. The van der Waals surface area contributed by atoms with Crippen LogP contribution in [0.2, 0.25) is 0 Å². The molecular formula is C19H24BrN3O2. The smallest absolute Gasteiger partial charge is 0.410 e. The molecule has 1 amide bonds. The van der Waals surface area contributed by atoms with Gasteiger partial charge in [0, 0.05) is 31.6 Å². The van der Waals surface area contributed by atoms with E-state index in [0.29, 0.717) is 13.1 Å². The largest absolute Gasteiger partial charge is 0.444 e. The molecule has 5 nitrogen and oxygen atoms in total. The van der Waals surface area contributed by atoms with Gasteiger partial charge >= 0.3 is 6.09 Å². The average molecular weight is 406 g/mol. The third kappa shape index (κ3) is 4.24. The topological polar surface area (TPSA) is 45.7 Å². The summed E-state index contributed by atoms with van der Waals surface area (Å²) in [4.78, 5) is 21.0. The average Bonchev–Trinajstić information content (AvgIpc) is 2.52. The zero-order valence-electron chi connectivity index (χ0n) is 15.2. The number of pyridine rings is 1. The Bertz CT molecular complexity index is 793. The molecule has 0 radical (unpaired) electrons. The van der Waals surface area contributed by atoms with Crippen molar-refractivity contribution in [1.29, 1.82) is 0 Å². The molecule has 134 valence electrons. The molecule has 25 heavy (non-hydrogen) atoms. The van der Waals surface area contributed by atoms with E-state index in [1.54, 1.807) is 4.90 Å². The predicted molar refractivity (Wildman–Crippen MR) is 104 cm³/mol. The summed E-state index contributed by atoms with van der Waals surface area (Å²) in [7, 11) is 0. The Labute approximate surface area is 157 Å². The van der Waals surface area contributed by atoms with Gasteiger partial charge in [-0.3, -0.25) is 0 Å². The van der Waals surface area contributed by atoms with Gasteiger partial charge in [-0.25, -0.2) is 9.78 Å². The lowest BCUT2D eigenvalue weighted by atomic mass is 10.1. The van der Waals surface area contributed by atoms with Crippen LogP contribution < -0.4 is 4.90 Å². The van der Waals surface area contributed by atoms with E-state index in [2.05, 4.69) is 52.0 Å². The van der Waals surface area contributed by atoms with Crippen LogP contribution in [-0.2, 0) is 4.74 Å². The molecule has 0 N–H and O–H groups in total. The molecule has 0 bridgehead atoms. The minimum Gasteiger partial charge on any atom is -0.444 e. The van der Waals surface area contributed by atoms with Gasteiger partial charge in [0.05, 0.1) is 9.99 Å². The van der Waals surface area contributed by atoms with Crippen molar-refractivity contribution >= 4 is 38.7 Å². The first-order chi connectivity index (χ1) is 11.7. The Morgan fingerprint density at radius 2 is 1.84 bits per heavy atom. The monoisotopic (exact) mass is 405 g/mol. The van der Waals surface area contributed by atoms with Crippen LogP contribution in [0.1, 0.15) is 26.3 Å². The van der Waals surface area contributed by atoms with Crippen LogP contribution in [0.4, 0.5) is 10.6 Å². The fraction of sp³-hybridized carbons (Fsp3) is 0.474. The number of hydrogen-bond acceptors (Lipinski definition) is 4. The third-order valence-electron chi connectivity index (χ3n) is 4.14. The third-order valence-corrected chi connectivity index (χ3v) is 4.72. The zero-order valence-corrected chi connectivity index (χ0v) is 16.8. The molecule has 1 aromatic heterocycles. The first kappa shape index (κ1) is 18.0. The van der Waals surface area contributed by atoms with E-state index in [1.807, 2.05) is 20.8 Å². The predicted octanol–water partition coefficient (Wildman–Crippen LogP) is 4.36. The number of benzene rings is 1. The maximum absolute atomic E-state index is 12.2. The van der Waals surface area contributed by atoms with Crippen LogP contribution in [0.25, 0.3) is 10.9 Å². The van der Waals surface area contributed by atoms with Crippen molar-refractivity contribution in [2.75, 3.05) is 31.1 Å². The molecule has 0 unspecified atom stereocenters. The van der Waals surface area contributed by atoms with E-state index in [0.717, 1.165) is 34.3 Å². The SMILES string of the molecule is Cc1ccc2nc(N3CCN(C(=O)OC(C)(C)C)CC3)c(Br)cc2c1. The van der Waals surface area contributed by atoms with Gasteiger partial charge in [0.1, 0.15) is 11.4 Å². The van der Waals surface area contributed by atoms with Gasteiger partial charge < -0.3 is 14.5 Å². The highest BCUT2D eigenvalue weighted by Gasteiger charge is 2.27. The van der Waals surface area contributed by atoms with Gasteiger partial charge in [0.15, 0.2) is 0 Å². The molecule has 0 atom stereocenters.